The molecule has 5 rings (SSSR count). The standard InChI is InChI=1S/C39H51N3O10S/c1-47-15-17-49-19-21-51-38(45)26-7-11-31(12-8-26)40-35(43)28-23-29(25-30(24-28)37-42-33-5-3-4-6-34(33)53-37)36(44)41-32-13-9-27(10-14-32)39(46)52-22-20-50-18-16-48-2/h3-6,23-27,31-32H,7-22H2,1-2H3,(H,40,43)(H,41,44). The summed E-state index contributed by atoms with van der Waals surface area (Å²) in [4.78, 5) is 57.4. The van der Waals surface area contributed by atoms with Crippen molar-refractivity contribution in [1.29, 1.82) is 0 Å². The van der Waals surface area contributed by atoms with Crippen molar-refractivity contribution in [3.05, 3.63) is 53.6 Å². The third-order valence-corrected chi connectivity index (χ3v) is 10.7. The summed E-state index contributed by atoms with van der Waals surface area (Å²) in [5, 5.41) is 6.98. The van der Waals surface area contributed by atoms with Crippen LogP contribution in [0.15, 0.2) is 42.5 Å². The molecule has 3 aromatic rings. The third kappa shape index (κ3) is 12.3. The van der Waals surface area contributed by atoms with E-state index in [1.54, 1.807) is 32.4 Å². The smallest absolute Gasteiger partial charge is 0.309 e. The Balaban J connectivity index is 1.17. The Morgan fingerprint density at radius 2 is 1.11 bits per heavy atom. The van der Waals surface area contributed by atoms with Gasteiger partial charge in [0.2, 0.25) is 0 Å². The molecule has 2 aliphatic rings. The number of ether oxygens (including phenoxy) is 6. The first-order valence-electron chi connectivity index (χ1n) is 18.4. The lowest BCUT2D eigenvalue weighted by atomic mass is 9.86. The van der Waals surface area contributed by atoms with Crippen LogP contribution in [0, 0.1) is 11.8 Å². The second-order valence-corrected chi connectivity index (χ2v) is 14.4. The highest BCUT2D eigenvalue weighted by molar-refractivity contribution is 7.21. The molecule has 0 spiro atoms. The van der Waals surface area contributed by atoms with Crippen LogP contribution < -0.4 is 10.6 Å². The Morgan fingerprint density at radius 1 is 0.642 bits per heavy atom. The number of aromatic nitrogens is 1. The summed E-state index contributed by atoms with van der Waals surface area (Å²) in [5.74, 6) is -1.49. The number of methoxy groups -OCH3 is 2. The van der Waals surface area contributed by atoms with Crippen molar-refractivity contribution < 1.29 is 47.6 Å². The van der Waals surface area contributed by atoms with Crippen molar-refractivity contribution in [2.75, 3.05) is 67.1 Å². The maximum absolute atomic E-state index is 13.7. The number of nitrogens with zero attached hydrogens (tertiary/aromatic N) is 1. The van der Waals surface area contributed by atoms with Gasteiger partial charge in [-0.05, 0) is 81.7 Å². The van der Waals surface area contributed by atoms with Crippen molar-refractivity contribution in [1.82, 2.24) is 15.6 Å². The summed E-state index contributed by atoms with van der Waals surface area (Å²) < 4.78 is 32.4. The summed E-state index contributed by atoms with van der Waals surface area (Å²) >= 11 is 1.50. The first-order chi connectivity index (χ1) is 25.8. The predicted octanol–water partition coefficient (Wildman–Crippen LogP) is 4.95. The van der Waals surface area contributed by atoms with Crippen LogP contribution in [0.25, 0.3) is 20.8 Å². The van der Waals surface area contributed by atoms with Crippen molar-refractivity contribution >= 4 is 45.3 Å². The fourth-order valence-electron chi connectivity index (χ4n) is 6.62. The van der Waals surface area contributed by atoms with Crippen molar-refractivity contribution in [2.24, 2.45) is 11.8 Å². The lowest BCUT2D eigenvalue weighted by molar-refractivity contribution is -0.152. The number of hydrogen-bond acceptors (Lipinski definition) is 12. The van der Waals surface area contributed by atoms with E-state index in [0.29, 0.717) is 113 Å². The van der Waals surface area contributed by atoms with E-state index in [1.807, 2.05) is 24.3 Å². The van der Waals surface area contributed by atoms with E-state index in [1.165, 1.54) is 11.3 Å². The number of esters is 2. The van der Waals surface area contributed by atoms with Crippen LogP contribution >= 0.6 is 11.3 Å². The van der Waals surface area contributed by atoms with Crippen molar-refractivity contribution in [2.45, 2.75) is 63.5 Å². The molecule has 13 nitrogen and oxygen atoms in total. The molecular weight excluding hydrogens is 703 g/mol. The summed E-state index contributed by atoms with van der Waals surface area (Å²) in [6.45, 7) is 2.90. The Hall–Kier alpha value is -3.95. The zero-order valence-electron chi connectivity index (χ0n) is 30.6. The van der Waals surface area contributed by atoms with Gasteiger partial charge in [0.05, 0.1) is 61.7 Å². The van der Waals surface area contributed by atoms with E-state index in [0.717, 1.165) is 10.2 Å². The van der Waals surface area contributed by atoms with Crippen molar-refractivity contribution in [3.8, 4) is 10.6 Å². The first-order valence-corrected chi connectivity index (χ1v) is 19.3. The predicted molar refractivity (Wildman–Crippen MR) is 199 cm³/mol. The van der Waals surface area contributed by atoms with Gasteiger partial charge in [-0.2, -0.15) is 0 Å². The van der Waals surface area contributed by atoms with Gasteiger partial charge in [-0.25, -0.2) is 4.98 Å². The molecule has 2 saturated carbocycles. The molecule has 0 saturated heterocycles. The fraction of sp³-hybridized carbons (Fsp3) is 0.564. The molecule has 2 aromatic carbocycles. The van der Waals surface area contributed by atoms with Crippen LogP contribution in [0.5, 0.6) is 0 Å². The first kappa shape index (κ1) is 40.2. The second kappa shape index (κ2) is 21.1. The molecule has 288 valence electrons. The Labute approximate surface area is 314 Å². The molecule has 2 aliphatic carbocycles. The maximum atomic E-state index is 13.7. The second-order valence-electron chi connectivity index (χ2n) is 13.4. The SMILES string of the molecule is COCCOCCOC(=O)C1CCC(NC(=O)c2cc(C(=O)NC3CCC(C(=O)OCCOCCOC)CC3)cc(-c3nc4ccccc4s3)c2)CC1. The van der Waals surface area contributed by atoms with Crippen molar-refractivity contribution in [3.63, 3.8) is 0 Å². The molecule has 0 atom stereocenters. The van der Waals surface area contributed by atoms with E-state index < -0.39 is 0 Å². The van der Waals surface area contributed by atoms with Crippen LogP contribution in [-0.2, 0) is 38.0 Å². The van der Waals surface area contributed by atoms with Gasteiger partial charge in [0.1, 0.15) is 18.2 Å². The highest BCUT2D eigenvalue weighted by Gasteiger charge is 2.30. The number of amides is 2. The van der Waals surface area contributed by atoms with E-state index in [4.69, 9.17) is 33.4 Å². The normalized spacial score (nSPS) is 20.1. The summed E-state index contributed by atoms with van der Waals surface area (Å²) in [7, 11) is 3.20. The minimum Gasteiger partial charge on any atom is -0.463 e. The molecule has 0 bridgehead atoms. The Bertz CT molecular complexity index is 1540. The van der Waals surface area contributed by atoms with Gasteiger partial charge in [-0.1, -0.05) is 12.1 Å². The van der Waals surface area contributed by atoms with E-state index in [-0.39, 0.29) is 60.9 Å². The number of thiazole rings is 1. The quantitative estimate of drug-likeness (QED) is 0.126. The average molecular weight is 754 g/mol. The molecule has 2 fully saturated rings. The molecule has 14 heteroatoms. The molecule has 53 heavy (non-hydrogen) atoms. The number of benzene rings is 2. The maximum Gasteiger partial charge on any atom is 0.309 e. The minimum absolute atomic E-state index is 0.114. The van der Waals surface area contributed by atoms with Crippen LogP contribution in [0.4, 0.5) is 0 Å². The van der Waals surface area contributed by atoms with Gasteiger partial charge in [0.15, 0.2) is 0 Å². The van der Waals surface area contributed by atoms with Gasteiger partial charge < -0.3 is 39.1 Å². The minimum atomic E-state index is -0.288. The van der Waals surface area contributed by atoms with Gasteiger partial charge in [-0.3, -0.25) is 19.2 Å². The van der Waals surface area contributed by atoms with E-state index >= 15 is 0 Å². The lowest BCUT2D eigenvalue weighted by Crippen LogP contribution is -2.40. The highest BCUT2D eigenvalue weighted by atomic mass is 32.1. The third-order valence-electron chi connectivity index (χ3n) is 9.60. The lowest BCUT2D eigenvalue weighted by Gasteiger charge is -2.28. The molecule has 0 radical (unpaired) electrons. The van der Waals surface area contributed by atoms with Crippen LogP contribution in [0.1, 0.15) is 72.1 Å². The number of carbonyl (C=O) groups is 4. The molecule has 1 heterocycles. The van der Waals surface area contributed by atoms with Gasteiger partial charge in [0, 0.05) is 43.0 Å². The molecular formula is C39H51N3O10S. The summed E-state index contributed by atoms with van der Waals surface area (Å²) in [5.41, 5.74) is 2.25. The number of hydrogen-bond donors (Lipinski definition) is 2. The van der Waals surface area contributed by atoms with Crippen LogP contribution in [0.3, 0.4) is 0 Å². The Morgan fingerprint density at radius 3 is 1.58 bits per heavy atom. The molecule has 0 unspecified atom stereocenters. The van der Waals surface area contributed by atoms with Crippen LogP contribution in [-0.4, -0.2) is 108 Å². The molecule has 0 aliphatic heterocycles. The largest absolute Gasteiger partial charge is 0.463 e. The molecule has 2 amide bonds. The number of carbonyl (C=O) groups excluding carboxylic acids is 4. The number of nitrogens with one attached hydrogen (secondary N) is 2. The summed E-state index contributed by atoms with van der Waals surface area (Å²) in [6, 6.07) is 12.8. The van der Waals surface area contributed by atoms with Gasteiger partial charge >= 0.3 is 11.9 Å². The molecule has 1 aromatic heterocycles. The van der Waals surface area contributed by atoms with Crippen LogP contribution in [0.2, 0.25) is 0 Å². The van der Waals surface area contributed by atoms with Gasteiger partial charge in [-0.15, -0.1) is 11.3 Å². The summed E-state index contributed by atoms with van der Waals surface area (Å²) in [6.07, 6.45) is 4.98. The van der Waals surface area contributed by atoms with E-state index in [9.17, 15) is 19.2 Å². The van der Waals surface area contributed by atoms with E-state index in [2.05, 4.69) is 10.6 Å². The highest BCUT2D eigenvalue weighted by Crippen LogP contribution is 2.32. The topological polar surface area (TPSA) is 161 Å². The zero-order valence-corrected chi connectivity index (χ0v) is 31.4. The number of rotatable bonds is 19. The fourth-order valence-corrected chi connectivity index (χ4v) is 7.57. The number of para-hydroxylation sites is 1. The average Bonchev–Trinajstić information content (AvgIpc) is 3.62. The molecule has 2 N–H and O–H groups in total. The zero-order chi connectivity index (χ0) is 37.4. The Kier molecular flexibility index (Phi) is 16.0. The number of fused-ring (bicyclic) bond motifs is 1. The monoisotopic (exact) mass is 753 g/mol. The van der Waals surface area contributed by atoms with Gasteiger partial charge in [0.25, 0.3) is 11.8 Å².